The molecule has 0 amide bonds. The fourth-order valence-corrected chi connectivity index (χ4v) is 5.44. The van der Waals surface area contributed by atoms with Crippen LogP contribution >= 0.6 is 0 Å². The van der Waals surface area contributed by atoms with E-state index in [9.17, 15) is 0 Å². The molecule has 2 atom stereocenters. The van der Waals surface area contributed by atoms with Crippen molar-refractivity contribution in [1.29, 1.82) is 0 Å². The van der Waals surface area contributed by atoms with Gasteiger partial charge in [0.05, 0.1) is 0 Å². The second kappa shape index (κ2) is 9.41. The fraction of sp³-hybridized carbons (Fsp3) is 0.517. The number of hydrogen-bond donors (Lipinski definition) is 0. The number of anilines is 1. The molecule has 160 valence electrons. The molecule has 1 heterocycles. The molecule has 30 heavy (non-hydrogen) atoms. The maximum Gasteiger partial charge on any atom is 0.0375 e. The molecule has 0 N–H and O–H groups in total. The van der Waals surface area contributed by atoms with Crippen LogP contribution in [0.4, 0.5) is 5.69 Å². The first kappa shape index (κ1) is 21.2. The van der Waals surface area contributed by atoms with Crippen molar-refractivity contribution < 1.29 is 0 Å². The van der Waals surface area contributed by atoms with Gasteiger partial charge in [0.2, 0.25) is 0 Å². The van der Waals surface area contributed by atoms with E-state index in [1.54, 1.807) is 0 Å². The van der Waals surface area contributed by atoms with Crippen molar-refractivity contribution in [2.75, 3.05) is 18.0 Å². The predicted molar refractivity (Wildman–Crippen MR) is 131 cm³/mol. The highest BCUT2D eigenvalue weighted by atomic mass is 15.1. The molecule has 2 fully saturated rings. The number of hydrogen-bond acceptors (Lipinski definition) is 1. The SMILES string of the molecule is C=C(C(C)C)C1CC[C@H](Cc2cc(-c3ccc(C)cc3)cc(N3CCCCC3)c2)C1. The van der Waals surface area contributed by atoms with Crippen molar-refractivity contribution in [3.05, 3.63) is 65.7 Å². The molecule has 1 unspecified atom stereocenters. The second-order valence-corrected chi connectivity index (χ2v) is 10.1. The van der Waals surface area contributed by atoms with Crippen LogP contribution in [0.5, 0.6) is 0 Å². The number of benzene rings is 2. The lowest BCUT2D eigenvalue weighted by Crippen LogP contribution is -2.29. The first-order valence-electron chi connectivity index (χ1n) is 12.1. The highest BCUT2D eigenvalue weighted by Gasteiger charge is 2.28. The molecule has 0 aromatic heterocycles. The zero-order chi connectivity index (χ0) is 21.1. The molecule has 1 saturated carbocycles. The van der Waals surface area contributed by atoms with E-state index in [1.807, 2.05) is 0 Å². The van der Waals surface area contributed by atoms with Crippen LogP contribution in [0.25, 0.3) is 11.1 Å². The van der Waals surface area contributed by atoms with Gasteiger partial charge in [-0.15, -0.1) is 0 Å². The molecule has 4 rings (SSSR count). The van der Waals surface area contributed by atoms with Crippen LogP contribution in [0.3, 0.4) is 0 Å². The topological polar surface area (TPSA) is 3.24 Å². The molecule has 1 saturated heterocycles. The highest BCUT2D eigenvalue weighted by Crippen LogP contribution is 2.40. The van der Waals surface area contributed by atoms with Crippen LogP contribution < -0.4 is 4.90 Å². The van der Waals surface area contributed by atoms with Gasteiger partial charge in [-0.05, 0) is 98.4 Å². The number of nitrogens with zero attached hydrogens (tertiary/aromatic N) is 1. The summed E-state index contributed by atoms with van der Waals surface area (Å²) in [6.45, 7) is 13.6. The number of piperidine rings is 1. The Labute approximate surface area is 184 Å². The first-order valence-corrected chi connectivity index (χ1v) is 12.1. The monoisotopic (exact) mass is 401 g/mol. The van der Waals surface area contributed by atoms with Crippen molar-refractivity contribution in [3.8, 4) is 11.1 Å². The third-order valence-corrected chi connectivity index (χ3v) is 7.42. The zero-order valence-corrected chi connectivity index (χ0v) is 19.3. The molecule has 0 radical (unpaired) electrons. The maximum atomic E-state index is 4.41. The van der Waals surface area contributed by atoms with E-state index in [0.29, 0.717) is 5.92 Å². The minimum Gasteiger partial charge on any atom is -0.372 e. The normalized spacial score (nSPS) is 21.9. The van der Waals surface area contributed by atoms with Gasteiger partial charge < -0.3 is 4.90 Å². The van der Waals surface area contributed by atoms with E-state index in [0.717, 1.165) is 11.8 Å². The van der Waals surface area contributed by atoms with Gasteiger partial charge in [0.15, 0.2) is 0 Å². The van der Waals surface area contributed by atoms with Crippen molar-refractivity contribution in [2.45, 2.75) is 65.7 Å². The summed E-state index contributed by atoms with van der Waals surface area (Å²) in [7, 11) is 0. The Balaban J connectivity index is 1.57. The zero-order valence-electron chi connectivity index (χ0n) is 19.3. The summed E-state index contributed by atoms with van der Waals surface area (Å²) < 4.78 is 0. The van der Waals surface area contributed by atoms with Gasteiger partial charge in [-0.2, -0.15) is 0 Å². The van der Waals surface area contributed by atoms with Crippen LogP contribution in [0, 0.1) is 24.7 Å². The van der Waals surface area contributed by atoms with Crippen LogP contribution in [-0.4, -0.2) is 13.1 Å². The Hall–Kier alpha value is -2.02. The minimum atomic E-state index is 0.615. The summed E-state index contributed by atoms with van der Waals surface area (Å²) in [5.41, 5.74) is 8.49. The summed E-state index contributed by atoms with van der Waals surface area (Å²) in [4.78, 5) is 2.61. The molecule has 1 aliphatic heterocycles. The van der Waals surface area contributed by atoms with E-state index in [1.165, 1.54) is 91.5 Å². The van der Waals surface area contributed by atoms with Gasteiger partial charge in [-0.1, -0.05) is 61.9 Å². The summed E-state index contributed by atoms with van der Waals surface area (Å²) in [5, 5.41) is 0. The van der Waals surface area contributed by atoms with Crippen molar-refractivity contribution in [2.24, 2.45) is 17.8 Å². The van der Waals surface area contributed by atoms with E-state index >= 15 is 0 Å². The number of aryl methyl sites for hydroxylation is 1. The average Bonchev–Trinajstić information content (AvgIpc) is 3.22. The third-order valence-electron chi connectivity index (χ3n) is 7.42. The molecule has 2 aliphatic rings. The van der Waals surface area contributed by atoms with Gasteiger partial charge in [0.25, 0.3) is 0 Å². The fourth-order valence-electron chi connectivity index (χ4n) is 5.44. The largest absolute Gasteiger partial charge is 0.372 e. The van der Waals surface area contributed by atoms with Crippen LogP contribution in [-0.2, 0) is 6.42 Å². The Morgan fingerprint density at radius 3 is 2.40 bits per heavy atom. The molecule has 1 nitrogen and oxygen atoms in total. The van der Waals surface area contributed by atoms with Crippen LogP contribution in [0.15, 0.2) is 54.6 Å². The smallest absolute Gasteiger partial charge is 0.0375 e. The minimum absolute atomic E-state index is 0.615. The van der Waals surface area contributed by atoms with Crippen molar-refractivity contribution >= 4 is 5.69 Å². The second-order valence-electron chi connectivity index (χ2n) is 10.1. The predicted octanol–water partition coefficient (Wildman–Crippen LogP) is 7.82. The quantitative estimate of drug-likeness (QED) is 0.446. The Bertz CT molecular complexity index is 854. The maximum absolute atomic E-state index is 4.41. The lowest BCUT2D eigenvalue weighted by molar-refractivity contribution is 0.502. The molecule has 1 aliphatic carbocycles. The Morgan fingerprint density at radius 1 is 0.967 bits per heavy atom. The van der Waals surface area contributed by atoms with Gasteiger partial charge in [0, 0.05) is 18.8 Å². The molecular weight excluding hydrogens is 362 g/mol. The number of rotatable bonds is 6. The summed E-state index contributed by atoms with van der Waals surface area (Å²) in [5.74, 6) is 2.15. The first-order chi connectivity index (χ1) is 14.5. The van der Waals surface area contributed by atoms with Gasteiger partial charge in [0.1, 0.15) is 0 Å². The lowest BCUT2D eigenvalue weighted by atomic mass is 9.88. The van der Waals surface area contributed by atoms with Gasteiger partial charge in [-0.25, -0.2) is 0 Å². The van der Waals surface area contributed by atoms with Gasteiger partial charge in [-0.3, -0.25) is 0 Å². The number of allylic oxidation sites excluding steroid dienone is 1. The highest BCUT2D eigenvalue weighted by molar-refractivity contribution is 5.70. The third kappa shape index (κ3) is 4.99. The summed E-state index contributed by atoms with van der Waals surface area (Å²) in [6.07, 6.45) is 9.25. The Morgan fingerprint density at radius 2 is 1.70 bits per heavy atom. The van der Waals surface area contributed by atoms with Crippen molar-refractivity contribution in [3.63, 3.8) is 0 Å². The van der Waals surface area contributed by atoms with Gasteiger partial charge >= 0.3 is 0 Å². The van der Waals surface area contributed by atoms with E-state index in [-0.39, 0.29) is 0 Å². The summed E-state index contributed by atoms with van der Waals surface area (Å²) in [6, 6.07) is 16.4. The van der Waals surface area contributed by atoms with Crippen LogP contribution in [0.1, 0.15) is 63.5 Å². The molecule has 2 aromatic rings. The van der Waals surface area contributed by atoms with E-state index < -0.39 is 0 Å². The van der Waals surface area contributed by atoms with Crippen LogP contribution in [0.2, 0.25) is 0 Å². The lowest BCUT2D eigenvalue weighted by Gasteiger charge is -2.30. The Kier molecular flexibility index (Phi) is 6.66. The molecule has 0 spiro atoms. The standard InChI is InChI=1S/C29H39N/c1-21(2)23(4)27-13-10-24(17-27)16-25-18-28(26-11-8-22(3)9-12-26)20-29(19-25)30-14-6-5-7-15-30/h8-9,11-12,18-21,24,27H,4-7,10,13-17H2,1-3H3/t24-,27?/m1/s1. The molecule has 0 bridgehead atoms. The molecule has 1 heteroatoms. The average molecular weight is 402 g/mol. The molecular formula is C29H39N. The molecule has 2 aromatic carbocycles. The summed E-state index contributed by atoms with van der Waals surface area (Å²) >= 11 is 0. The van der Waals surface area contributed by atoms with Crippen molar-refractivity contribution in [1.82, 2.24) is 0 Å². The van der Waals surface area contributed by atoms with E-state index in [2.05, 4.69) is 74.7 Å². The van der Waals surface area contributed by atoms with E-state index in [4.69, 9.17) is 0 Å².